The molecule has 0 saturated carbocycles. The lowest BCUT2D eigenvalue weighted by Crippen LogP contribution is -2.39. The van der Waals surface area contributed by atoms with Gasteiger partial charge in [-0.2, -0.15) is 0 Å². The van der Waals surface area contributed by atoms with Gasteiger partial charge in [0.15, 0.2) is 0 Å². The van der Waals surface area contributed by atoms with Crippen LogP contribution in [0.2, 0.25) is 0 Å². The normalized spacial score (nSPS) is 28.8. The van der Waals surface area contributed by atoms with Crippen LogP contribution < -0.4 is 5.32 Å². The van der Waals surface area contributed by atoms with Crippen LogP contribution in [0.5, 0.6) is 0 Å². The van der Waals surface area contributed by atoms with Gasteiger partial charge in [0.25, 0.3) is 0 Å². The highest BCUT2D eigenvalue weighted by Crippen LogP contribution is 2.13. The predicted octanol–water partition coefficient (Wildman–Crippen LogP) is 1.07. The molecule has 4 heteroatoms. The van der Waals surface area contributed by atoms with E-state index in [0.29, 0.717) is 12.5 Å². The van der Waals surface area contributed by atoms with Crippen LogP contribution in [0.1, 0.15) is 38.5 Å². The Kier molecular flexibility index (Phi) is 3.97. The maximum atomic E-state index is 11.0. The fourth-order valence-electron chi connectivity index (χ4n) is 2.26. The molecule has 2 saturated heterocycles. The molecule has 2 rings (SSSR count). The van der Waals surface area contributed by atoms with Gasteiger partial charge < -0.3 is 10.2 Å². The van der Waals surface area contributed by atoms with Gasteiger partial charge in [-0.05, 0) is 32.2 Å². The second kappa shape index (κ2) is 5.47. The molecule has 0 aliphatic carbocycles. The van der Waals surface area contributed by atoms with Crippen molar-refractivity contribution >= 4 is 5.97 Å². The fourth-order valence-corrected chi connectivity index (χ4v) is 2.26. The summed E-state index contributed by atoms with van der Waals surface area (Å²) in [4.78, 5) is 16.2. The van der Waals surface area contributed by atoms with Gasteiger partial charge in [-0.15, -0.1) is 5.06 Å². The van der Waals surface area contributed by atoms with Gasteiger partial charge in [-0.3, -0.25) is 4.79 Å². The summed E-state index contributed by atoms with van der Waals surface area (Å²) in [5.74, 6) is -0.0714. The summed E-state index contributed by atoms with van der Waals surface area (Å²) in [6.07, 6.45) is 6.51. The Morgan fingerprint density at radius 3 is 3.07 bits per heavy atom. The first-order valence-electron chi connectivity index (χ1n) is 6.04. The van der Waals surface area contributed by atoms with Crippen molar-refractivity contribution in [1.29, 1.82) is 0 Å². The fraction of sp³-hybridized carbons (Fsp3) is 0.909. The smallest absolute Gasteiger partial charge is 0.325 e. The third-order valence-corrected chi connectivity index (χ3v) is 3.16. The third-order valence-electron chi connectivity index (χ3n) is 3.16. The molecule has 0 amide bonds. The van der Waals surface area contributed by atoms with Crippen molar-refractivity contribution in [3.63, 3.8) is 0 Å². The molecule has 1 atom stereocenters. The number of hydrogen-bond donors (Lipinski definition) is 1. The van der Waals surface area contributed by atoms with Crippen molar-refractivity contribution in [2.75, 3.05) is 19.6 Å². The zero-order valence-corrected chi connectivity index (χ0v) is 9.21. The van der Waals surface area contributed by atoms with E-state index in [9.17, 15) is 4.79 Å². The van der Waals surface area contributed by atoms with Crippen LogP contribution in [0, 0.1) is 0 Å². The average molecular weight is 212 g/mol. The molecule has 2 heterocycles. The Morgan fingerprint density at radius 2 is 2.33 bits per heavy atom. The number of nitrogens with zero attached hydrogens (tertiary/aromatic N) is 1. The molecular formula is C11H20N2O2. The topological polar surface area (TPSA) is 41.6 Å². The zero-order chi connectivity index (χ0) is 10.5. The van der Waals surface area contributed by atoms with Gasteiger partial charge in [-0.1, -0.05) is 6.42 Å². The van der Waals surface area contributed by atoms with E-state index in [1.165, 1.54) is 19.3 Å². The van der Waals surface area contributed by atoms with Gasteiger partial charge in [0.2, 0.25) is 0 Å². The number of nitrogens with one attached hydrogen (secondary N) is 1. The zero-order valence-electron chi connectivity index (χ0n) is 9.21. The van der Waals surface area contributed by atoms with Crippen molar-refractivity contribution in [1.82, 2.24) is 10.4 Å². The Bertz CT molecular complexity index is 215. The SMILES string of the molecule is O=C1CCCN(CCC2CCCCN2)O1. The lowest BCUT2D eigenvalue weighted by molar-refractivity contribution is -0.201. The minimum Gasteiger partial charge on any atom is -0.368 e. The van der Waals surface area contributed by atoms with E-state index in [-0.39, 0.29) is 5.97 Å². The highest BCUT2D eigenvalue weighted by atomic mass is 16.7. The van der Waals surface area contributed by atoms with E-state index in [2.05, 4.69) is 5.32 Å². The number of rotatable bonds is 3. The minimum atomic E-state index is -0.0714. The molecule has 0 aromatic carbocycles. The molecular weight excluding hydrogens is 192 g/mol. The van der Waals surface area contributed by atoms with Crippen molar-refractivity contribution < 1.29 is 9.63 Å². The largest absolute Gasteiger partial charge is 0.368 e. The summed E-state index contributed by atoms with van der Waals surface area (Å²) < 4.78 is 0. The number of piperidine rings is 1. The summed E-state index contributed by atoms with van der Waals surface area (Å²) in [7, 11) is 0. The first-order valence-corrected chi connectivity index (χ1v) is 6.04. The lowest BCUT2D eigenvalue weighted by atomic mass is 10.0. The maximum Gasteiger partial charge on any atom is 0.325 e. The summed E-state index contributed by atoms with van der Waals surface area (Å²) in [5.41, 5.74) is 0. The van der Waals surface area contributed by atoms with E-state index in [1.807, 2.05) is 5.06 Å². The minimum absolute atomic E-state index is 0.0714. The van der Waals surface area contributed by atoms with E-state index in [0.717, 1.165) is 32.5 Å². The molecule has 0 aromatic rings. The second-order valence-electron chi connectivity index (χ2n) is 4.43. The molecule has 0 spiro atoms. The first-order chi connectivity index (χ1) is 7.34. The van der Waals surface area contributed by atoms with Crippen molar-refractivity contribution in [2.45, 2.75) is 44.6 Å². The predicted molar refractivity (Wildman–Crippen MR) is 57.2 cm³/mol. The van der Waals surface area contributed by atoms with Gasteiger partial charge >= 0.3 is 5.97 Å². The van der Waals surface area contributed by atoms with Crippen LogP contribution >= 0.6 is 0 Å². The number of carbonyl (C=O) groups is 1. The Balaban J connectivity index is 1.65. The van der Waals surface area contributed by atoms with Crippen LogP contribution in [0.15, 0.2) is 0 Å². The molecule has 0 bridgehead atoms. The maximum absolute atomic E-state index is 11.0. The van der Waals surface area contributed by atoms with E-state index < -0.39 is 0 Å². The number of carbonyl (C=O) groups excluding carboxylic acids is 1. The van der Waals surface area contributed by atoms with E-state index in [1.54, 1.807) is 0 Å². The van der Waals surface area contributed by atoms with Gasteiger partial charge in [0.05, 0.1) is 0 Å². The van der Waals surface area contributed by atoms with E-state index >= 15 is 0 Å². The second-order valence-corrected chi connectivity index (χ2v) is 4.43. The number of hydrogen-bond acceptors (Lipinski definition) is 4. The molecule has 2 fully saturated rings. The van der Waals surface area contributed by atoms with Crippen molar-refractivity contribution in [3.05, 3.63) is 0 Å². The summed E-state index contributed by atoms with van der Waals surface area (Å²) in [6.45, 7) is 2.92. The van der Waals surface area contributed by atoms with Crippen LogP contribution in [0.4, 0.5) is 0 Å². The molecule has 15 heavy (non-hydrogen) atoms. The monoisotopic (exact) mass is 212 g/mol. The molecule has 1 unspecified atom stereocenters. The summed E-state index contributed by atoms with van der Waals surface area (Å²) in [6, 6.07) is 0.624. The molecule has 1 N–H and O–H groups in total. The molecule has 0 radical (unpaired) electrons. The van der Waals surface area contributed by atoms with Gasteiger partial charge in [0.1, 0.15) is 0 Å². The van der Waals surface area contributed by atoms with Gasteiger partial charge in [-0.25, -0.2) is 0 Å². The van der Waals surface area contributed by atoms with Crippen LogP contribution in [0.3, 0.4) is 0 Å². The van der Waals surface area contributed by atoms with E-state index in [4.69, 9.17) is 4.84 Å². The van der Waals surface area contributed by atoms with Crippen LogP contribution in [-0.4, -0.2) is 36.7 Å². The standard InChI is InChI=1S/C11H20N2O2/c14-11-5-3-8-13(15-11)9-6-10-4-1-2-7-12-10/h10,12H,1-9H2. The Labute approximate surface area is 90.9 Å². The van der Waals surface area contributed by atoms with Gasteiger partial charge in [0, 0.05) is 25.6 Å². The highest BCUT2D eigenvalue weighted by Gasteiger charge is 2.20. The summed E-state index contributed by atoms with van der Waals surface area (Å²) in [5, 5.41) is 5.32. The van der Waals surface area contributed by atoms with Crippen molar-refractivity contribution in [2.24, 2.45) is 0 Å². The third kappa shape index (κ3) is 3.47. The Morgan fingerprint density at radius 1 is 1.40 bits per heavy atom. The van der Waals surface area contributed by atoms with Crippen LogP contribution in [-0.2, 0) is 9.63 Å². The lowest BCUT2D eigenvalue weighted by Gasteiger charge is -2.28. The first kappa shape index (κ1) is 10.9. The molecule has 2 aliphatic rings. The van der Waals surface area contributed by atoms with Crippen LogP contribution in [0.25, 0.3) is 0 Å². The molecule has 4 nitrogen and oxygen atoms in total. The average Bonchev–Trinajstić information content (AvgIpc) is 2.28. The molecule has 2 aliphatic heterocycles. The Hall–Kier alpha value is -0.610. The highest BCUT2D eigenvalue weighted by molar-refractivity contribution is 5.69. The number of hydroxylamine groups is 2. The van der Waals surface area contributed by atoms with Crippen molar-refractivity contribution in [3.8, 4) is 0 Å². The summed E-state index contributed by atoms with van der Waals surface area (Å²) >= 11 is 0. The molecule has 0 aromatic heterocycles. The quantitative estimate of drug-likeness (QED) is 0.760. The molecule has 86 valence electrons.